The van der Waals surface area contributed by atoms with Crippen LogP contribution in [0.4, 0.5) is 10.1 Å². The zero-order chi connectivity index (χ0) is 20.1. The summed E-state index contributed by atoms with van der Waals surface area (Å²) in [5.41, 5.74) is 3.24. The molecule has 0 aliphatic carbocycles. The lowest BCUT2D eigenvalue weighted by Crippen LogP contribution is -2.37. The number of nitrogens with zero attached hydrogens (tertiary/aromatic N) is 1. The average molecular weight is 405 g/mol. The number of halogens is 1. The van der Waals surface area contributed by atoms with Gasteiger partial charge in [0.1, 0.15) is 5.82 Å². The lowest BCUT2D eigenvalue weighted by Gasteiger charge is -2.29. The molecule has 0 aromatic heterocycles. The molecule has 2 aromatic carbocycles. The third-order valence-corrected chi connectivity index (χ3v) is 6.69. The molecule has 1 aliphatic heterocycles. The van der Waals surface area contributed by atoms with Crippen molar-refractivity contribution in [3.8, 4) is 0 Å². The van der Waals surface area contributed by atoms with E-state index in [0.717, 1.165) is 16.8 Å². The van der Waals surface area contributed by atoms with E-state index in [4.69, 9.17) is 0 Å². The second-order valence-electron chi connectivity index (χ2n) is 6.65. The van der Waals surface area contributed by atoms with Crippen LogP contribution in [0.3, 0.4) is 0 Å². The summed E-state index contributed by atoms with van der Waals surface area (Å²) in [6, 6.07) is 12.0. The van der Waals surface area contributed by atoms with Gasteiger partial charge in [0.25, 0.3) is 0 Å². The summed E-state index contributed by atoms with van der Waals surface area (Å²) < 4.78 is 39.3. The molecule has 1 amide bonds. The first-order valence-corrected chi connectivity index (χ1v) is 10.8. The lowest BCUT2D eigenvalue weighted by atomic mass is 9.99. The van der Waals surface area contributed by atoms with Gasteiger partial charge in [-0.3, -0.25) is 4.79 Å². The number of carbonyl (C=O) groups excluding carboxylic acids is 1. The van der Waals surface area contributed by atoms with Gasteiger partial charge in [-0.05, 0) is 36.6 Å². The van der Waals surface area contributed by atoms with Crippen LogP contribution < -0.4 is 10.6 Å². The number of anilines is 1. The molecule has 1 heterocycles. The Kier molecular flexibility index (Phi) is 6.31. The van der Waals surface area contributed by atoms with Gasteiger partial charge in [-0.15, -0.1) is 0 Å². The summed E-state index contributed by atoms with van der Waals surface area (Å²) in [4.78, 5) is 12.1. The smallest absolute Gasteiger partial charge is 0.239 e. The van der Waals surface area contributed by atoms with Crippen molar-refractivity contribution in [2.45, 2.75) is 26.4 Å². The van der Waals surface area contributed by atoms with Crippen molar-refractivity contribution >= 4 is 21.6 Å². The minimum absolute atomic E-state index is 0.0574. The molecule has 150 valence electrons. The molecule has 1 aliphatic rings. The molecule has 0 spiro atoms. The summed E-state index contributed by atoms with van der Waals surface area (Å²) in [5.74, 6) is -0.506. The van der Waals surface area contributed by atoms with Crippen molar-refractivity contribution < 1.29 is 17.6 Å². The van der Waals surface area contributed by atoms with E-state index in [9.17, 15) is 17.6 Å². The van der Waals surface area contributed by atoms with E-state index in [0.29, 0.717) is 25.1 Å². The SMILES string of the molecule is CCS(=O)(=O)N1CCc2c(cccc2NCC(=O)NCc2ccccc2F)C1. The van der Waals surface area contributed by atoms with Crippen LogP contribution in [0.15, 0.2) is 42.5 Å². The van der Waals surface area contributed by atoms with Crippen LogP contribution in [0.25, 0.3) is 0 Å². The summed E-state index contributed by atoms with van der Waals surface area (Å²) in [6.07, 6.45) is 0.592. The summed E-state index contributed by atoms with van der Waals surface area (Å²) in [7, 11) is -3.22. The Labute approximate surface area is 164 Å². The lowest BCUT2D eigenvalue weighted by molar-refractivity contribution is -0.119. The molecule has 6 nitrogen and oxygen atoms in total. The third kappa shape index (κ3) is 4.69. The third-order valence-electron chi connectivity index (χ3n) is 4.86. The monoisotopic (exact) mass is 405 g/mol. The van der Waals surface area contributed by atoms with E-state index in [1.165, 1.54) is 10.4 Å². The predicted octanol–water partition coefficient (Wildman–Crippen LogP) is 2.26. The maximum absolute atomic E-state index is 13.6. The maximum atomic E-state index is 13.6. The Balaban J connectivity index is 1.59. The van der Waals surface area contributed by atoms with Crippen molar-refractivity contribution in [3.63, 3.8) is 0 Å². The van der Waals surface area contributed by atoms with Crippen molar-refractivity contribution in [2.75, 3.05) is 24.2 Å². The van der Waals surface area contributed by atoms with Gasteiger partial charge < -0.3 is 10.6 Å². The molecule has 0 unspecified atom stereocenters. The second-order valence-corrected chi connectivity index (χ2v) is 8.91. The average Bonchev–Trinajstić information content (AvgIpc) is 2.71. The molecule has 0 atom stereocenters. The van der Waals surface area contributed by atoms with Crippen LogP contribution in [0.2, 0.25) is 0 Å². The van der Waals surface area contributed by atoms with Crippen LogP contribution in [-0.2, 0) is 34.3 Å². The van der Waals surface area contributed by atoms with Gasteiger partial charge in [-0.2, -0.15) is 4.31 Å². The number of benzene rings is 2. The molecule has 0 radical (unpaired) electrons. The quantitative estimate of drug-likeness (QED) is 0.741. The molecule has 8 heteroatoms. The van der Waals surface area contributed by atoms with Crippen molar-refractivity contribution in [2.24, 2.45) is 0 Å². The number of hydrogen-bond acceptors (Lipinski definition) is 4. The normalized spacial score (nSPS) is 14.4. The van der Waals surface area contributed by atoms with Gasteiger partial charge >= 0.3 is 0 Å². The largest absolute Gasteiger partial charge is 0.376 e. The fourth-order valence-electron chi connectivity index (χ4n) is 3.24. The van der Waals surface area contributed by atoms with Crippen LogP contribution >= 0.6 is 0 Å². The van der Waals surface area contributed by atoms with E-state index in [2.05, 4.69) is 10.6 Å². The number of nitrogens with one attached hydrogen (secondary N) is 2. The Morgan fingerprint density at radius 1 is 1.18 bits per heavy atom. The van der Waals surface area contributed by atoms with Crippen LogP contribution in [0, 0.1) is 5.82 Å². The van der Waals surface area contributed by atoms with Crippen LogP contribution in [-0.4, -0.2) is 37.5 Å². The van der Waals surface area contributed by atoms with Crippen molar-refractivity contribution in [1.82, 2.24) is 9.62 Å². The number of rotatable bonds is 7. The Morgan fingerprint density at radius 3 is 2.71 bits per heavy atom. The second kappa shape index (κ2) is 8.70. The molecule has 2 aromatic rings. The van der Waals surface area contributed by atoms with E-state index < -0.39 is 10.0 Å². The van der Waals surface area contributed by atoms with Gasteiger partial charge in [0.05, 0.1) is 12.3 Å². The van der Waals surface area contributed by atoms with Gasteiger partial charge in [0.2, 0.25) is 15.9 Å². The van der Waals surface area contributed by atoms with E-state index in [1.807, 2.05) is 18.2 Å². The van der Waals surface area contributed by atoms with Crippen molar-refractivity contribution in [3.05, 3.63) is 65.0 Å². The Morgan fingerprint density at radius 2 is 1.96 bits per heavy atom. The summed E-state index contributed by atoms with van der Waals surface area (Å²) >= 11 is 0. The molecule has 28 heavy (non-hydrogen) atoms. The number of amides is 1. The molecule has 2 N–H and O–H groups in total. The van der Waals surface area contributed by atoms with Crippen LogP contribution in [0.5, 0.6) is 0 Å². The highest BCUT2D eigenvalue weighted by molar-refractivity contribution is 7.89. The standard InChI is InChI=1S/C20H24FN3O3S/c1-2-28(26,27)24-11-10-17-16(14-24)7-5-9-19(17)22-13-20(25)23-12-15-6-3-4-8-18(15)21/h3-9,22H,2,10-14H2,1H3,(H,23,25). The van der Waals surface area contributed by atoms with Gasteiger partial charge in [0, 0.05) is 30.9 Å². The number of hydrogen-bond donors (Lipinski definition) is 2. The zero-order valence-corrected chi connectivity index (χ0v) is 16.6. The Hall–Kier alpha value is -2.45. The first-order valence-electron chi connectivity index (χ1n) is 9.23. The number of carbonyl (C=O) groups is 1. The Bertz CT molecular complexity index is 963. The van der Waals surface area contributed by atoms with Crippen LogP contribution in [0.1, 0.15) is 23.6 Å². The first-order chi connectivity index (χ1) is 13.4. The van der Waals surface area contributed by atoms with Crippen molar-refractivity contribution in [1.29, 1.82) is 0 Å². The van der Waals surface area contributed by atoms with Gasteiger partial charge in [-0.25, -0.2) is 12.8 Å². The fourth-order valence-corrected chi connectivity index (χ4v) is 4.31. The maximum Gasteiger partial charge on any atom is 0.239 e. The minimum atomic E-state index is -3.22. The molecular formula is C20H24FN3O3S. The minimum Gasteiger partial charge on any atom is -0.376 e. The zero-order valence-electron chi connectivity index (χ0n) is 15.7. The predicted molar refractivity (Wildman–Crippen MR) is 107 cm³/mol. The summed E-state index contributed by atoms with van der Waals surface area (Å²) in [5, 5.41) is 5.81. The molecular weight excluding hydrogens is 381 g/mol. The molecule has 0 saturated heterocycles. The van der Waals surface area contributed by atoms with E-state index >= 15 is 0 Å². The highest BCUT2D eigenvalue weighted by Gasteiger charge is 2.26. The molecule has 0 fully saturated rings. The topological polar surface area (TPSA) is 78.5 Å². The van der Waals surface area contributed by atoms with Gasteiger partial charge in [-0.1, -0.05) is 30.3 Å². The molecule has 0 bridgehead atoms. The highest BCUT2D eigenvalue weighted by Crippen LogP contribution is 2.27. The highest BCUT2D eigenvalue weighted by atomic mass is 32.2. The van der Waals surface area contributed by atoms with E-state index in [1.54, 1.807) is 25.1 Å². The first kappa shape index (κ1) is 20.3. The number of sulfonamides is 1. The number of fused-ring (bicyclic) bond motifs is 1. The molecule has 3 rings (SSSR count). The molecule has 0 saturated carbocycles. The fraction of sp³-hybridized carbons (Fsp3) is 0.350. The van der Waals surface area contributed by atoms with Gasteiger partial charge in [0.15, 0.2) is 0 Å². The summed E-state index contributed by atoms with van der Waals surface area (Å²) in [6.45, 7) is 2.61. The van der Waals surface area contributed by atoms with E-state index in [-0.39, 0.29) is 30.6 Å².